The summed E-state index contributed by atoms with van der Waals surface area (Å²) in [6.45, 7) is 0.603. The Kier molecular flexibility index (Phi) is 2.60. The third kappa shape index (κ3) is 1.83. The molecular weight excluding hydrogens is 200 g/mol. The number of carbonyl (C=O) groups is 1. The minimum atomic E-state index is -0.826. The standard InChI is InChI=1S/C9H10N2O2S/c12-9(13)6-1-2-10-7(5-6)8-11-3-4-14-8/h1,3-4,7,10H,2,5H2,(H,12,13). The second-order valence-electron chi connectivity index (χ2n) is 3.07. The molecule has 0 fully saturated rings. The molecule has 0 radical (unpaired) electrons. The third-order valence-corrected chi connectivity index (χ3v) is 3.05. The minimum Gasteiger partial charge on any atom is -0.478 e. The normalized spacial score (nSPS) is 21.7. The van der Waals surface area contributed by atoms with Gasteiger partial charge in [-0.05, 0) is 0 Å². The molecule has 0 amide bonds. The van der Waals surface area contributed by atoms with E-state index >= 15 is 0 Å². The Morgan fingerprint density at radius 2 is 2.57 bits per heavy atom. The number of hydrogen-bond donors (Lipinski definition) is 2. The van der Waals surface area contributed by atoms with Crippen molar-refractivity contribution in [3.05, 3.63) is 28.2 Å². The maximum atomic E-state index is 10.8. The number of aliphatic carboxylic acids is 1. The molecular formula is C9H10N2O2S. The first-order chi connectivity index (χ1) is 6.77. The van der Waals surface area contributed by atoms with Crippen LogP contribution in [0.5, 0.6) is 0 Å². The molecule has 1 aliphatic rings. The molecule has 1 unspecified atom stereocenters. The second kappa shape index (κ2) is 3.89. The average Bonchev–Trinajstić information content (AvgIpc) is 2.71. The first kappa shape index (κ1) is 9.36. The molecule has 0 aliphatic carbocycles. The van der Waals surface area contributed by atoms with Crippen LogP contribution in [0.15, 0.2) is 23.2 Å². The van der Waals surface area contributed by atoms with Crippen LogP contribution in [0.25, 0.3) is 0 Å². The Bertz CT molecular complexity index is 359. The Morgan fingerprint density at radius 1 is 1.71 bits per heavy atom. The maximum Gasteiger partial charge on any atom is 0.331 e. The summed E-state index contributed by atoms with van der Waals surface area (Å²) >= 11 is 1.55. The highest BCUT2D eigenvalue weighted by molar-refractivity contribution is 7.09. The quantitative estimate of drug-likeness (QED) is 0.769. The van der Waals surface area contributed by atoms with Gasteiger partial charge in [-0.25, -0.2) is 9.78 Å². The largest absolute Gasteiger partial charge is 0.478 e. The summed E-state index contributed by atoms with van der Waals surface area (Å²) in [5.41, 5.74) is 0.476. The number of carboxylic acid groups (broad SMARTS) is 1. The fraction of sp³-hybridized carbons (Fsp3) is 0.333. The fourth-order valence-electron chi connectivity index (χ4n) is 1.46. The van der Waals surface area contributed by atoms with Gasteiger partial charge in [-0.2, -0.15) is 0 Å². The van der Waals surface area contributed by atoms with Crippen LogP contribution in [0.3, 0.4) is 0 Å². The van der Waals surface area contributed by atoms with Crippen molar-refractivity contribution >= 4 is 17.3 Å². The van der Waals surface area contributed by atoms with Crippen LogP contribution in [-0.4, -0.2) is 22.6 Å². The number of nitrogens with zero attached hydrogens (tertiary/aromatic N) is 1. The van der Waals surface area contributed by atoms with Gasteiger partial charge in [0, 0.05) is 30.1 Å². The minimum absolute atomic E-state index is 0.0612. The number of thiazole rings is 1. The number of nitrogens with one attached hydrogen (secondary N) is 1. The number of rotatable bonds is 2. The molecule has 1 atom stereocenters. The van der Waals surface area contributed by atoms with Crippen LogP contribution < -0.4 is 5.32 Å². The van der Waals surface area contributed by atoms with Gasteiger partial charge in [0.05, 0.1) is 6.04 Å². The monoisotopic (exact) mass is 210 g/mol. The zero-order valence-corrected chi connectivity index (χ0v) is 8.25. The number of hydrogen-bond acceptors (Lipinski definition) is 4. The molecule has 0 aromatic carbocycles. The highest BCUT2D eigenvalue weighted by Crippen LogP contribution is 2.25. The van der Waals surface area contributed by atoms with Gasteiger partial charge in [-0.15, -0.1) is 11.3 Å². The van der Waals surface area contributed by atoms with E-state index in [1.54, 1.807) is 23.6 Å². The van der Waals surface area contributed by atoms with Crippen molar-refractivity contribution in [3.8, 4) is 0 Å². The van der Waals surface area contributed by atoms with E-state index in [1.165, 1.54) is 0 Å². The second-order valence-corrected chi connectivity index (χ2v) is 4.00. The maximum absolute atomic E-state index is 10.8. The number of carboxylic acids is 1. The molecule has 0 bridgehead atoms. The van der Waals surface area contributed by atoms with E-state index in [0.717, 1.165) is 5.01 Å². The van der Waals surface area contributed by atoms with Gasteiger partial charge in [0.1, 0.15) is 5.01 Å². The lowest BCUT2D eigenvalue weighted by molar-refractivity contribution is -0.133. The summed E-state index contributed by atoms with van der Waals surface area (Å²) in [5, 5.41) is 14.9. The summed E-state index contributed by atoms with van der Waals surface area (Å²) in [6.07, 6.45) is 3.97. The van der Waals surface area contributed by atoms with Gasteiger partial charge < -0.3 is 10.4 Å². The van der Waals surface area contributed by atoms with Crippen molar-refractivity contribution in [3.63, 3.8) is 0 Å². The van der Waals surface area contributed by atoms with Gasteiger partial charge in [0.25, 0.3) is 0 Å². The van der Waals surface area contributed by atoms with Crippen LogP contribution in [0.1, 0.15) is 17.5 Å². The topological polar surface area (TPSA) is 62.2 Å². The van der Waals surface area contributed by atoms with Gasteiger partial charge >= 0.3 is 5.97 Å². The molecule has 2 heterocycles. The van der Waals surface area contributed by atoms with E-state index < -0.39 is 5.97 Å². The zero-order valence-electron chi connectivity index (χ0n) is 7.43. The summed E-state index contributed by atoms with van der Waals surface area (Å²) in [7, 11) is 0. The van der Waals surface area contributed by atoms with Gasteiger partial charge in [0.2, 0.25) is 0 Å². The van der Waals surface area contributed by atoms with Crippen molar-refractivity contribution in [1.82, 2.24) is 10.3 Å². The van der Waals surface area contributed by atoms with Gasteiger partial charge in [-0.1, -0.05) is 6.08 Å². The lowest BCUT2D eigenvalue weighted by Gasteiger charge is -2.20. The van der Waals surface area contributed by atoms with E-state index in [2.05, 4.69) is 10.3 Å². The van der Waals surface area contributed by atoms with Gasteiger partial charge in [-0.3, -0.25) is 0 Å². The van der Waals surface area contributed by atoms with E-state index in [0.29, 0.717) is 18.5 Å². The van der Waals surface area contributed by atoms with Crippen molar-refractivity contribution in [2.75, 3.05) is 6.54 Å². The van der Waals surface area contributed by atoms with Crippen molar-refractivity contribution in [2.45, 2.75) is 12.5 Å². The van der Waals surface area contributed by atoms with Crippen LogP contribution in [0.2, 0.25) is 0 Å². The molecule has 1 aromatic heterocycles. The molecule has 74 valence electrons. The van der Waals surface area contributed by atoms with E-state index in [1.807, 2.05) is 5.38 Å². The van der Waals surface area contributed by atoms with E-state index in [4.69, 9.17) is 5.11 Å². The van der Waals surface area contributed by atoms with Crippen molar-refractivity contribution < 1.29 is 9.90 Å². The predicted octanol–water partition coefficient (Wildman–Crippen LogP) is 1.19. The Morgan fingerprint density at radius 3 is 3.21 bits per heavy atom. The highest BCUT2D eigenvalue weighted by Gasteiger charge is 2.21. The molecule has 2 rings (SSSR count). The fourth-order valence-corrected chi connectivity index (χ4v) is 2.17. The van der Waals surface area contributed by atoms with Crippen LogP contribution in [0, 0.1) is 0 Å². The predicted molar refractivity (Wildman–Crippen MR) is 53.2 cm³/mol. The summed E-state index contributed by atoms with van der Waals surface area (Å²) in [4.78, 5) is 14.9. The lowest BCUT2D eigenvalue weighted by Crippen LogP contribution is -2.27. The SMILES string of the molecule is O=C(O)C1=CCNC(c2nccs2)C1. The smallest absolute Gasteiger partial charge is 0.331 e. The summed E-state index contributed by atoms with van der Waals surface area (Å²) < 4.78 is 0. The molecule has 5 heteroatoms. The molecule has 0 saturated carbocycles. The number of aromatic nitrogens is 1. The Balaban J connectivity index is 2.12. The molecule has 1 aliphatic heterocycles. The van der Waals surface area contributed by atoms with Crippen molar-refractivity contribution in [2.24, 2.45) is 0 Å². The first-order valence-electron chi connectivity index (χ1n) is 4.32. The molecule has 1 aromatic rings. The first-order valence-corrected chi connectivity index (χ1v) is 5.20. The third-order valence-electron chi connectivity index (χ3n) is 2.16. The van der Waals surface area contributed by atoms with Crippen molar-refractivity contribution in [1.29, 1.82) is 0 Å². The Hall–Kier alpha value is -1.20. The zero-order chi connectivity index (χ0) is 9.97. The van der Waals surface area contributed by atoms with Crippen LogP contribution >= 0.6 is 11.3 Å². The summed E-state index contributed by atoms with van der Waals surface area (Å²) in [6, 6.07) is 0.0612. The molecule has 0 saturated heterocycles. The average molecular weight is 210 g/mol. The lowest BCUT2D eigenvalue weighted by atomic mass is 10.0. The molecule has 2 N–H and O–H groups in total. The molecule has 14 heavy (non-hydrogen) atoms. The molecule has 4 nitrogen and oxygen atoms in total. The van der Waals surface area contributed by atoms with Crippen LogP contribution in [0.4, 0.5) is 0 Å². The summed E-state index contributed by atoms with van der Waals surface area (Å²) in [5.74, 6) is -0.826. The highest BCUT2D eigenvalue weighted by atomic mass is 32.1. The molecule has 0 spiro atoms. The van der Waals surface area contributed by atoms with Gasteiger partial charge in [0.15, 0.2) is 0 Å². The van der Waals surface area contributed by atoms with E-state index in [9.17, 15) is 4.79 Å². The Labute approximate surface area is 85.3 Å². The van der Waals surface area contributed by atoms with Crippen LogP contribution in [-0.2, 0) is 4.79 Å². The van der Waals surface area contributed by atoms with E-state index in [-0.39, 0.29) is 6.04 Å².